The lowest BCUT2D eigenvalue weighted by molar-refractivity contribution is -0.129. The van der Waals surface area contributed by atoms with Crippen LogP contribution in [-0.2, 0) is 25.2 Å². The lowest BCUT2D eigenvalue weighted by Crippen LogP contribution is -2.52. The molecule has 192 valence electrons. The molecule has 9 nitrogen and oxygen atoms in total. The summed E-state index contributed by atoms with van der Waals surface area (Å²) < 4.78 is 42.6. The van der Waals surface area contributed by atoms with Gasteiger partial charge in [0.05, 0.1) is 22.4 Å². The first-order chi connectivity index (χ1) is 16.8. The third-order valence-corrected chi connectivity index (χ3v) is 7.37. The molecule has 0 saturated heterocycles. The van der Waals surface area contributed by atoms with E-state index in [0.717, 1.165) is 5.56 Å². The fourth-order valence-electron chi connectivity index (χ4n) is 3.91. The number of carbonyl (C=O) groups is 2. The highest BCUT2D eigenvalue weighted by atomic mass is 32.2. The number of para-hydroxylation sites is 1. The zero-order valence-corrected chi connectivity index (χ0v) is 21.4. The molecule has 1 saturated carbocycles. The van der Waals surface area contributed by atoms with Gasteiger partial charge in [-0.15, -0.1) is 0 Å². The van der Waals surface area contributed by atoms with Crippen LogP contribution in [0.25, 0.3) is 11.0 Å². The molecule has 1 heterocycles. The van der Waals surface area contributed by atoms with Crippen molar-refractivity contribution in [2.45, 2.75) is 69.0 Å². The van der Waals surface area contributed by atoms with Crippen molar-refractivity contribution >= 4 is 32.9 Å². The highest BCUT2D eigenvalue weighted by Gasteiger charge is 2.49. The number of aromatic amines is 1. The number of fused-ring (bicyclic) bond motifs is 1. The van der Waals surface area contributed by atoms with Gasteiger partial charge in [0.15, 0.2) is 5.82 Å². The Morgan fingerprint density at radius 1 is 1.14 bits per heavy atom. The summed E-state index contributed by atoms with van der Waals surface area (Å²) in [6, 6.07) is 9.34. The molecule has 0 spiro atoms. The van der Waals surface area contributed by atoms with E-state index in [-0.39, 0.29) is 10.4 Å². The number of nitrogens with one attached hydrogen (secondary N) is 4. The van der Waals surface area contributed by atoms with Gasteiger partial charge in [0, 0.05) is 5.54 Å². The van der Waals surface area contributed by atoms with Crippen LogP contribution in [0.4, 0.5) is 4.39 Å². The van der Waals surface area contributed by atoms with Gasteiger partial charge in [0.1, 0.15) is 17.4 Å². The first kappa shape index (κ1) is 25.8. The molecular weight excluding hydrogens is 485 g/mol. The van der Waals surface area contributed by atoms with Gasteiger partial charge in [-0.25, -0.2) is 17.8 Å². The third-order valence-electron chi connectivity index (χ3n) is 5.88. The van der Waals surface area contributed by atoms with E-state index in [1.54, 1.807) is 45.0 Å². The van der Waals surface area contributed by atoms with Crippen molar-refractivity contribution in [1.29, 1.82) is 0 Å². The Bertz CT molecular complexity index is 1410. The summed E-state index contributed by atoms with van der Waals surface area (Å²) in [6.07, 6.45) is 0.663. The summed E-state index contributed by atoms with van der Waals surface area (Å²) in [5.41, 5.74) is 0.0762. The minimum absolute atomic E-state index is 0.0176. The zero-order valence-electron chi connectivity index (χ0n) is 20.6. The lowest BCUT2D eigenvalue weighted by atomic mass is 10.1. The van der Waals surface area contributed by atoms with Crippen molar-refractivity contribution in [3.63, 3.8) is 0 Å². The molecule has 36 heavy (non-hydrogen) atoms. The SMILES string of the molecule is Cc1ccc(S(=O)(=O)N[C@@H](CC(=O)NC(C)(C)C)C(=O)NC2(c3nc4c(F)cccc4[nH]3)CC2)cc1. The van der Waals surface area contributed by atoms with Crippen molar-refractivity contribution in [2.24, 2.45) is 0 Å². The molecule has 11 heteroatoms. The molecule has 0 radical (unpaired) electrons. The molecule has 1 aliphatic carbocycles. The summed E-state index contributed by atoms with van der Waals surface area (Å²) in [5, 5.41) is 5.61. The van der Waals surface area contributed by atoms with Crippen LogP contribution in [0, 0.1) is 12.7 Å². The van der Waals surface area contributed by atoms with Crippen LogP contribution in [0.15, 0.2) is 47.4 Å². The average molecular weight is 516 g/mol. The topological polar surface area (TPSA) is 133 Å². The highest BCUT2D eigenvalue weighted by Crippen LogP contribution is 2.44. The normalized spacial score (nSPS) is 15.9. The molecule has 1 aromatic heterocycles. The smallest absolute Gasteiger partial charge is 0.241 e. The van der Waals surface area contributed by atoms with Crippen molar-refractivity contribution < 1.29 is 22.4 Å². The zero-order chi connectivity index (χ0) is 26.3. The molecule has 0 bridgehead atoms. The maximum atomic E-state index is 14.2. The van der Waals surface area contributed by atoms with Gasteiger partial charge in [-0.1, -0.05) is 23.8 Å². The predicted octanol–water partition coefficient (Wildman–Crippen LogP) is 2.77. The first-order valence-electron chi connectivity index (χ1n) is 11.6. The second kappa shape index (κ2) is 9.29. The highest BCUT2D eigenvalue weighted by molar-refractivity contribution is 7.89. The van der Waals surface area contributed by atoms with Crippen LogP contribution >= 0.6 is 0 Å². The Labute approximate surface area is 209 Å². The number of nitrogens with zero attached hydrogens (tertiary/aromatic N) is 1. The standard InChI is InChI=1S/C25H30FN5O4S/c1-15-8-10-16(11-9-15)36(34,35)31-19(14-20(32)29-24(2,3)4)22(33)30-25(12-13-25)23-27-18-7-5-6-17(26)21(18)28-23/h5-11,19,31H,12-14H2,1-4H3,(H,27,28)(H,29,32)(H,30,33)/t19-/m0/s1. The van der Waals surface area contributed by atoms with E-state index in [2.05, 4.69) is 25.3 Å². The number of benzene rings is 2. The summed E-state index contributed by atoms with van der Waals surface area (Å²) in [6.45, 7) is 7.19. The van der Waals surface area contributed by atoms with E-state index in [1.807, 2.05) is 6.92 Å². The van der Waals surface area contributed by atoms with Gasteiger partial charge in [0.25, 0.3) is 0 Å². The van der Waals surface area contributed by atoms with Gasteiger partial charge >= 0.3 is 0 Å². The number of carbonyl (C=O) groups excluding carboxylic acids is 2. The van der Waals surface area contributed by atoms with E-state index >= 15 is 0 Å². The summed E-state index contributed by atoms with van der Waals surface area (Å²) in [7, 11) is -4.10. The van der Waals surface area contributed by atoms with E-state index in [0.29, 0.717) is 24.2 Å². The Morgan fingerprint density at radius 3 is 2.39 bits per heavy atom. The van der Waals surface area contributed by atoms with Gasteiger partial charge in [-0.05, 0) is 64.8 Å². The Hall–Kier alpha value is -3.31. The van der Waals surface area contributed by atoms with Crippen molar-refractivity contribution in [3.8, 4) is 0 Å². The molecule has 1 aliphatic rings. The molecule has 3 aromatic rings. The number of hydrogen-bond acceptors (Lipinski definition) is 5. The number of aromatic nitrogens is 2. The van der Waals surface area contributed by atoms with Gasteiger partial charge < -0.3 is 15.6 Å². The van der Waals surface area contributed by atoms with E-state index in [4.69, 9.17) is 0 Å². The molecule has 2 aromatic carbocycles. The van der Waals surface area contributed by atoms with Crippen LogP contribution in [0.1, 0.15) is 51.4 Å². The number of halogens is 1. The van der Waals surface area contributed by atoms with Crippen molar-refractivity contribution in [1.82, 2.24) is 25.3 Å². The maximum absolute atomic E-state index is 14.2. The fraction of sp³-hybridized carbons (Fsp3) is 0.400. The van der Waals surface area contributed by atoms with Crippen LogP contribution in [0.3, 0.4) is 0 Å². The number of hydrogen-bond donors (Lipinski definition) is 4. The number of aryl methyl sites for hydroxylation is 1. The van der Waals surface area contributed by atoms with E-state index < -0.39 is 51.2 Å². The average Bonchev–Trinajstić information content (AvgIpc) is 3.40. The fourth-order valence-corrected chi connectivity index (χ4v) is 5.10. The second-order valence-electron chi connectivity index (χ2n) is 10.3. The third kappa shape index (κ3) is 5.73. The molecule has 0 unspecified atom stereocenters. The lowest BCUT2D eigenvalue weighted by Gasteiger charge is -2.25. The second-order valence-corrected chi connectivity index (χ2v) is 12.0. The van der Waals surface area contributed by atoms with E-state index in [1.165, 1.54) is 18.2 Å². The number of rotatable bonds is 8. The maximum Gasteiger partial charge on any atom is 0.241 e. The summed E-state index contributed by atoms with van der Waals surface area (Å²) in [4.78, 5) is 33.4. The molecule has 1 fully saturated rings. The minimum Gasteiger partial charge on any atom is -0.351 e. The number of H-pyrrole nitrogens is 1. The molecule has 2 amide bonds. The molecule has 4 N–H and O–H groups in total. The predicted molar refractivity (Wildman–Crippen MR) is 133 cm³/mol. The molecule has 1 atom stereocenters. The minimum atomic E-state index is -4.10. The van der Waals surface area contributed by atoms with Gasteiger partial charge in [-0.3, -0.25) is 9.59 Å². The Morgan fingerprint density at radius 2 is 1.81 bits per heavy atom. The number of imidazole rings is 1. The largest absolute Gasteiger partial charge is 0.351 e. The van der Waals surface area contributed by atoms with Gasteiger partial charge in [-0.2, -0.15) is 4.72 Å². The van der Waals surface area contributed by atoms with Crippen LogP contribution in [-0.4, -0.2) is 41.8 Å². The van der Waals surface area contributed by atoms with Crippen molar-refractivity contribution in [2.75, 3.05) is 0 Å². The first-order valence-corrected chi connectivity index (χ1v) is 13.1. The molecular formula is C25H30FN5O4S. The van der Waals surface area contributed by atoms with Crippen LogP contribution in [0.2, 0.25) is 0 Å². The molecule has 4 rings (SSSR count). The Balaban J connectivity index is 1.59. The Kier molecular flexibility index (Phi) is 6.65. The van der Waals surface area contributed by atoms with Crippen LogP contribution in [0.5, 0.6) is 0 Å². The quantitative estimate of drug-likeness (QED) is 0.366. The monoisotopic (exact) mass is 515 g/mol. The number of amides is 2. The molecule has 0 aliphatic heterocycles. The number of sulfonamides is 1. The van der Waals surface area contributed by atoms with Crippen LogP contribution < -0.4 is 15.4 Å². The summed E-state index contributed by atoms with van der Waals surface area (Å²) >= 11 is 0. The van der Waals surface area contributed by atoms with Crippen molar-refractivity contribution in [3.05, 3.63) is 59.7 Å². The van der Waals surface area contributed by atoms with E-state index in [9.17, 15) is 22.4 Å². The van der Waals surface area contributed by atoms with Gasteiger partial charge in [0.2, 0.25) is 21.8 Å². The summed E-state index contributed by atoms with van der Waals surface area (Å²) in [5.74, 6) is -1.26.